The van der Waals surface area contributed by atoms with Crippen LogP contribution in [0.4, 0.5) is 0 Å². The van der Waals surface area contributed by atoms with E-state index in [1.807, 2.05) is 0 Å². The van der Waals surface area contributed by atoms with Crippen molar-refractivity contribution in [2.24, 2.45) is 0 Å². The highest BCUT2D eigenvalue weighted by Crippen LogP contribution is 2.13. The van der Waals surface area contributed by atoms with E-state index in [0.29, 0.717) is 25.9 Å². The number of rotatable bonds is 27. The molecular formula is C30H60N2O4. The van der Waals surface area contributed by atoms with Crippen molar-refractivity contribution in [1.29, 1.82) is 0 Å². The van der Waals surface area contributed by atoms with Gasteiger partial charge in [-0.2, -0.15) is 0 Å². The van der Waals surface area contributed by atoms with Crippen molar-refractivity contribution >= 4 is 11.8 Å². The second kappa shape index (κ2) is 26.9. The zero-order chi connectivity index (χ0) is 26.7. The summed E-state index contributed by atoms with van der Waals surface area (Å²) in [4.78, 5) is 23.8. The Morgan fingerprint density at radius 1 is 0.500 bits per heavy atom. The van der Waals surface area contributed by atoms with Crippen LogP contribution in [-0.2, 0) is 9.59 Å². The fourth-order valence-electron chi connectivity index (χ4n) is 4.63. The molecule has 0 bridgehead atoms. The van der Waals surface area contributed by atoms with E-state index < -0.39 is 0 Å². The second-order valence-corrected chi connectivity index (χ2v) is 10.6. The van der Waals surface area contributed by atoms with Crippen LogP contribution in [0.1, 0.15) is 155 Å². The van der Waals surface area contributed by atoms with Crippen LogP contribution < -0.4 is 10.6 Å². The first-order chi connectivity index (χ1) is 17.5. The number of aliphatic hydroxyl groups is 2. The van der Waals surface area contributed by atoms with Gasteiger partial charge in [0.25, 0.3) is 0 Å². The topological polar surface area (TPSA) is 98.7 Å². The fourth-order valence-corrected chi connectivity index (χ4v) is 4.63. The lowest BCUT2D eigenvalue weighted by Crippen LogP contribution is -2.34. The molecule has 0 aromatic rings. The van der Waals surface area contributed by atoms with Crippen LogP contribution >= 0.6 is 0 Å². The molecule has 0 saturated heterocycles. The molecule has 0 rings (SSSR count). The van der Waals surface area contributed by atoms with E-state index in [1.165, 1.54) is 51.4 Å². The molecule has 0 fully saturated rings. The van der Waals surface area contributed by atoms with Gasteiger partial charge in [-0.15, -0.1) is 0 Å². The van der Waals surface area contributed by atoms with Crippen molar-refractivity contribution < 1.29 is 19.8 Å². The monoisotopic (exact) mass is 512 g/mol. The number of amides is 2. The number of aliphatic hydroxyl groups excluding tert-OH is 2. The molecule has 0 radical (unpaired) electrons. The van der Waals surface area contributed by atoms with Gasteiger partial charge < -0.3 is 20.8 Å². The van der Waals surface area contributed by atoms with Crippen molar-refractivity contribution in [3.8, 4) is 0 Å². The summed E-state index contributed by atoms with van der Waals surface area (Å²) in [5.74, 6) is 0.156. The number of hydrogen-bond donors (Lipinski definition) is 4. The van der Waals surface area contributed by atoms with Crippen LogP contribution in [0.2, 0.25) is 0 Å². The largest absolute Gasteiger partial charge is 0.393 e. The van der Waals surface area contributed by atoms with Crippen molar-refractivity contribution in [2.75, 3.05) is 13.1 Å². The van der Waals surface area contributed by atoms with Crippen LogP contribution in [0.3, 0.4) is 0 Å². The Kier molecular flexibility index (Phi) is 26.1. The third kappa shape index (κ3) is 25.9. The molecule has 0 aromatic carbocycles. The maximum Gasteiger partial charge on any atom is 0.220 e. The minimum atomic E-state index is -0.116. The van der Waals surface area contributed by atoms with E-state index in [0.717, 1.165) is 77.0 Å². The number of hydrogen-bond acceptors (Lipinski definition) is 4. The molecule has 4 N–H and O–H groups in total. The molecule has 2 atom stereocenters. The summed E-state index contributed by atoms with van der Waals surface area (Å²) < 4.78 is 0. The molecule has 0 aliphatic rings. The van der Waals surface area contributed by atoms with Gasteiger partial charge >= 0.3 is 0 Å². The predicted molar refractivity (Wildman–Crippen MR) is 151 cm³/mol. The molecule has 0 aliphatic carbocycles. The molecule has 0 heterocycles. The highest BCUT2D eigenvalue weighted by atomic mass is 16.3. The van der Waals surface area contributed by atoms with Crippen molar-refractivity contribution in [3.05, 3.63) is 0 Å². The zero-order valence-electron chi connectivity index (χ0n) is 23.8. The number of nitrogens with one attached hydrogen (secondary N) is 2. The van der Waals surface area contributed by atoms with Gasteiger partial charge in [-0.05, 0) is 38.5 Å². The van der Waals surface area contributed by atoms with Gasteiger partial charge in [0.1, 0.15) is 0 Å². The molecule has 2 amide bonds. The molecule has 0 saturated carbocycles. The van der Waals surface area contributed by atoms with E-state index in [-0.39, 0.29) is 24.0 Å². The lowest BCUT2D eigenvalue weighted by atomic mass is 10.0. The first-order valence-electron chi connectivity index (χ1n) is 15.4. The Morgan fingerprint density at radius 2 is 0.806 bits per heavy atom. The molecule has 2 unspecified atom stereocenters. The van der Waals surface area contributed by atoms with Gasteiger partial charge in [-0.3, -0.25) is 9.59 Å². The minimum Gasteiger partial charge on any atom is -0.393 e. The molecule has 214 valence electrons. The Labute approximate surface area is 222 Å². The average Bonchev–Trinajstić information content (AvgIpc) is 2.85. The van der Waals surface area contributed by atoms with Crippen LogP contribution in [0.15, 0.2) is 0 Å². The summed E-state index contributed by atoms with van der Waals surface area (Å²) in [5.41, 5.74) is 0. The summed E-state index contributed by atoms with van der Waals surface area (Å²) in [6, 6.07) is 0. The number of unbranched alkanes of at least 4 members (excludes halogenated alkanes) is 12. The van der Waals surface area contributed by atoms with Crippen molar-refractivity contribution in [2.45, 2.75) is 167 Å². The summed E-state index contributed by atoms with van der Waals surface area (Å²) >= 11 is 0. The summed E-state index contributed by atoms with van der Waals surface area (Å²) in [5, 5.41) is 25.2. The van der Waals surface area contributed by atoms with E-state index in [9.17, 15) is 19.8 Å². The van der Waals surface area contributed by atoms with Gasteiger partial charge in [0.2, 0.25) is 11.8 Å². The normalized spacial score (nSPS) is 12.9. The predicted octanol–water partition coefficient (Wildman–Crippen LogP) is 6.56. The van der Waals surface area contributed by atoms with E-state index in [2.05, 4.69) is 24.5 Å². The van der Waals surface area contributed by atoms with Crippen LogP contribution in [0.25, 0.3) is 0 Å². The Balaban J connectivity index is 3.35. The summed E-state index contributed by atoms with van der Waals surface area (Å²) in [7, 11) is 0. The molecule has 0 spiro atoms. The third-order valence-electron chi connectivity index (χ3n) is 6.90. The first kappa shape index (κ1) is 34.9. The third-order valence-corrected chi connectivity index (χ3v) is 6.90. The van der Waals surface area contributed by atoms with E-state index in [4.69, 9.17) is 0 Å². The lowest BCUT2D eigenvalue weighted by molar-refractivity contribution is -0.123. The van der Waals surface area contributed by atoms with Crippen LogP contribution in [0.5, 0.6) is 0 Å². The smallest absolute Gasteiger partial charge is 0.220 e. The second-order valence-electron chi connectivity index (χ2n) is 10.6. The fraction of sp³-hybridized carbons (Fsp3) is 0.933. The van der Waals surface area contributed by atoms with Crippen molar-refractivity contribution in [1.82, 2.24) is 10.6 Å². The highest BCUT2D eigenvalue weighted by molar-refractivity contribution is 5.77. The molecule has 0 aliphatic heterocycles. The first-order valence-corrected chi connectivity index (χ1v) is 15.4. The molecule has 6 heteroatoms. The maximum atomic E-state index is 11.9. The SMILES string of the molecule is CCCC(O)CCCCCCCCCC(=O)NCCNC(=O)CCCCCCCCCC(O)CCC. The quantitative estimate of drug-likeness (QED) is 0.0936. The Bertz CT molecular complexity index is 457. The van der Waals surface area contributed by atoms with Crippen molar-refractivity contribution in [3.63, 3.8) is 0 Å². The van der Waals surface area contributed by atoms with Crippen LogP contribution in [-0.4, -0.2) is 47.3 Å². The molecule has 36 heavy (non-hydrogen) atoms. The maximum absolute atomic E-state index is 11.9. The average molecular weight is 513 g/mol. The van der Waals surface area contributed by atoms with Gasteiger partial charge in [0.15, 0.2) is 0 Å². The highest BCUT2D eigenvalue weighted by Gasteiger charge is 2.05. The van der Waals surface area contributed by atoms with Gasteiger partial charge in [0, 0.05) is 25.9 Å². The van der Waals surface area contributed by atoms with Gasteiger partial charge in [-0.1, -0.05) is 104 Å². The lowest BCUT2D eigenvalue weighted by Gasteiger charge is -2.09. The standard InChI is InChI=1S/C30H60N2O4/c1-3-19-27(33)21-15-11-7-5-9-13-17-23-29(35)31-25-26-32-30(36)24-18-14-10-6-8-12-16-22-28(34)20-4-2/h27-28,33-34H,3-26H2,1-2H3,(H,31,35)(H,32,36). The van der Waals surface area contributed by atoms with E-state index in [1.54, 1.807) is 0 Å². The number of carbonyl (C=O) groups is 2. The summed E-state index contributed by atoms with van der Waals surface area (Å²) in [6.07, 6.45) is 22.6. The molecule has 6 nitrogen and oxygen atoms in total. The molecular weight excluding hydrogens is 452 g/mol. The van der Waals surface area contributed by atoms with E-state index >= 15 is 0 Å². The van der Waals surface area contributed by atoms with Crippen LogP contribution in [0, 0.1) is 0 Å². The Morgan fingerprint density at radius 3 is 1.14 bits per heavy atom. The zero-order valence-corrected chi connectivity index (χ0v) is 23.8. The van der Waals surface area contributed by atoms with Gasteiger partial charge in [0.05, 0.1) is 12.2 Å². The molecule has 0 aromatic heterocycles. The number of carbonyl (C=O) groups excluding carboxylic acids is 2. The minimum absolute atomic E-state index is 0.0778. The summed E-state index contributed by atoms with van der Waals surface area (Å²) in [6.45, 7) is 5.22. The van der Waals surface area contributed by atoms with Gasteiger partial charge in [-0.25, -0.2) is 0 Å². The Hall–Kier alpha value is -1.14.